The number of hydrogen-bond acceptors (Lipinski definition) is 8. The van der Waals surface area contributed by atoms with Gasteiger partial charge in [0, 0.05) is 17.5 Å². The second-order valence-corrected chi connectivity index (χ2v) is 11.3. The van der Waals surface area contributed by atoms with Gasteiger partial charge in [0.15, 0.2) is 11.0 Å². The van der Waals surface area contributed by atoms with Crippen molar-refractivity contribution in [2.24, 2.45) is 7.05 Å². The third kappa shape index (κ3) is 6.44. The van der Waals surface area contributed by atoms with Crippen LogP contribution < -0.4 is 10.6 Å². The van der Waals surface area contributed by atoms with Gasteiger partial charge in [-0.25, -0.2) is 4.79 Å². The molecule has 0 aliphatic heterocycles. The Bertz CT molecular complexity index is 1350. The van der Waals surface area contributed by atoms with Crippen molar-refractivity contribution in [3.8, 4) is 0 Å². The number of carbonyl (C=O) groups is 3. The number of esters is 1. The van der Waals surface area contributed by atoms with Crippen LogP contribution in [0.3, 0.4) is 0 Å². The highest BCUT2D eigenvalue weighted by Crippen LogP contribution is 2.38. The SMILES string of the molecule is CCOC(=O)c1c(NC(=O)CSc2nnc(CNC(=O)c3ccc(C)c(C)c3)n2C)sc2c1CCCCC2. The van der Waals surface area contributed by atoms with E-state index in [0.717, 1.165) is 53.7 Å². The minimum atomic E-state index is -0.379. The lowest BCUT2D eigenvalue weighted by Gasteiger charge is -2.09. The monoisotopic (exact) mass is 555 g/mol. The smallest absolute Gasteiger partial charge is 0.341 e. The summed E-state index contributed by atoms with van der Waals surface area (Å²) in [4.78, 5) is 39.3. The Balaban J connectivity index is 1.36. The molecule has 1 aromatic carbocycles. The zero-order chi connectivity index (χ0) is 27.2. The number of fused-ring (bicyclic) bond motifs is 1. The maximum Gasteiger partial charge on any atom is 0.341 e. The van der Waals surface area contributed by atoms with Crippen LogP contribution in [0.2, 0.25) is 0 Å². The first-order valence-corrected chi connectivity index (χ1v) is 14.6. The topological polar surface area (TPSA) is 115 Å². The minimum absolute atomic E-state index is 0.103. The van der Waals surface area contributed by atoms with E-state index in [0.29, 0.717) is 27.1 Å². The van der Waals surface area contributed by atoms with E-state index < -0.39 is 0 Å². The first-order chi connectivity index (χ1) is 18.3. The van der Waals surface area contributed by atoms with Crippen LogP contribution in [0.15, 0.2) is 23.4 Å². The molecule has 0 fully saturated rings. The van der Waals surface area contributed by atoms with Gasteiger partial charge in [0.25, 0.3) is 5.91 Å². The van der Waals surface area contributed by atoms with Gasteiger partial charge in [-0.1, -0.05) is 24.2 Å². The van der Waals surface area contributed by atoms with Gasteiger partial charge in [-0.15, -0.1) is 21.5 Å². The van der Waals surface area contributed by atoms with Crippen LogP contribution >= 0.6 is 23.1 Å². The zero-order valence-corrected chi connectivity index (χ0v) is 23.8. The maximum atomic E-state index is 12.8. The third-order valence-electron chi connectivity index (χ3n) is 6.59. The number of thioether (sulfide) groups is 1. The summed E-state index contributed by atoms with van der Waals surface area (Å²) in [7, 11) is 1.80. The largest absolute Gasteiger partial charge is 0.462 e. The Morgan fingerprint density at radius 3 is 2.66 bits per heavy atom. The molecule has 0 atom stereocenters. The van der Waals surface area contributed by atoms with Crippen molar-refractivity contribution in [1.82, 2.24) is 20.1 Å². The number of aryl methyl sites for hydroxylation is 3. The van der Waals surface area contributed by atoms with Gasteiger partial charge < -0.3 is 19.9 Å². The molecule has 202 valence electrons. The zero-order valence-electron chi connectivity index (χ0n) is 22.2. The Morgan fingerprint density at radius 2 is 1.89 bits per heavy atom. The molecule has 0 saturated heterocycles. The van der Waals surface area contributed by atoms with Crippen LogP contribution in [0.4, 0.5) is 5.00 Å². The molecular weight excluding hydrogens is 522 g/mol. The first kappa shape index (κ1) is 27.8. The van der Waals surface area contributed by atoms with Crippen molar-refractivity contribution >= 4 is 45.9 Å². The maximum absolute atomic E-state index is 12.8. The van der Waals surface area contributed by atoms with Gasteiger partial charge in [-0.3, -0.25) is 9.59 Å². The second kappa shape index (κ2) is 12.6. The number of aromatic nitrogens is 3. The highest BCUT2D eigenvalue weighted by atomic mass is 32.2. The highest BCUT2D eigenvalue weighted by Gasteiger charge is 2.26. The standard InChI is InChI=1S/C27H33N5O4S2/c1-5-36-26(35)23-19-9-7-6-8-10-20(19)38-25(23)29-22(33)15-37-27-31-30-21(32(27)4)14-28-24(34)18-12-11-16(2)17(3)13-18/h11-13H,5-10,14-15H2,1-4H3,(H,28,34)(H,29,33). The lowest BCUT2D eigenvalue weighted by molar-refractivity contribution is -0.113. The molecule has 1 aliphatic carbocycles. The lowest BCUT2D eigenvalue weighted by atomic mass is 10.1. The summed E-state index contributed by atoms with van der Waals surface area (Å²) in [6.45, 7) is 6.25. The lowest BCUT2D eigenvalue weighted by Crippen LogP contribution is -2.24. The molecule has 0 spiro atoms. The molecule has 3 aromatic rings. The molecule has 9 nitrogen and oxygen atoms in total. The average Bonchev–Trinajstić information content (AvgIpc) is 3.32. The van der Waals surface area contributed by atoms with Crippen molar-refractivity contribution in [3.63, 3.8) is 0 Å². The quantitative estimate of drug-likeness (QED) is 0.225. The summed E-state index contributed by atoms with van der Waals surface area (Å²) < 4.78 is 7.06. The number of amides is 2. The minimum Gasteiger partial charge on any atom is -0.462 e. The van der Waals surface area contributed by atoms with Crippen molar-refractivity contribution in [2.45, 2.75) is 64.6 Å². The van der Waals surface area contributed by atoms with Gasteiger partial charge in [0.2, 0.25) is 5.91 Å². The van der Waals surface area contributed by atoms with Crippen molar-refractivity contribution in [2.75, 3.05) is 17.7 Å². The number of nitrogens with one attached hydrogen (secondary N) is 2. The van der Waals surface area contributed by atoms with E-state index in [1.54, 1.807) is 24.6 Å². The Hall–Kier alpha value is -3.18. The van der Waals surface area contributed by atoms with E-state index in [1.807, 2.05) is 26.0 Å². The number of benzene rings is 1. The van der Waals surface area contributed by atoms with Gasteiger partial charge in [-0.2, -0.15) is 0 Å². The van der Waals surface area contributed by atoms with Crippen LogP contribution in [0.1, 0.15) is 74.3 Å². The molecule has 11 heteroatoms. The molecule has 2 N–H and O–H groups in total. The Labute approximate surface area is 230 Å². The Morgan fingerprint density at radius 1 is 1.11 bits per heavy atom. The summed E-state index contributed by atoms with van der Waals surface area (Å²) in [5, 5.41) is 15.3. The van der Waals surface area contributed by atoms with Gasteiger partial charge in [-0.05, 0) is 75.3 Å². The molecule has 38 heavy (non-hydrogen) atoms. The van der Waals surface area contributed by atoms with E-state index >= 15 is 0 Å². The fourth-order valence-electron chi connectivity index (χ4n) is 4.31. The van der Waals surface area contributed by atoms with Gasteiger partial charge >= 0.3 is 5.97 Å². The molecule has 0 unspecified atom stereocenters. The summed E-state index contributed by atoms with van der Waals surface area (Å²) >= 11 is 2.73. The molecular formula is C27H33N5O4S2. The number of hydrogen-bond donors (Lipinski definition) is 2. The van der Waals surface area contributed by atoms with E-state index in [1.165, 1.54) is 23.1 Å². The molecule has 0 bridgehead atoms. The van der Waals surface area contributed by atoms with E-state index in [-0.39, 0.29) is 36.7 Å². The third-order valence-corrected chi connectivity index (χ3v) is 8.81. The molecule has 2 amide bonds. The van der Waals surface area contributed by atoms with Crippen LogP contribution in [0.25, 0.3) is 0 Å². The van der Waals surface area contributed by atoms with Gasteiger partial charge in [0.1, 0.15) is 5.00 Å². The summed E-state index contributed by atoms with van der Waals surface area (Å²) in [6, 6.07) is 5.59. The van der Waals surface area contributed by atoms with Crippen molar-refractivity contribution < 1.29 is 19.1 Å². The summed E-state index contributed by atoms with van der Waals surface area (Å²) in [6.07, 6.45) is 4.99. The van der Waals surface area contributed by atoms with Crippen LogP contribution in [0, 0.1) is 13.8 Å². The fourth-order valence-corrected chi connectivity index (χ4v) is 6.34. The number of anilines is 1. The summed E-state index contributed by atoms with van der Waals surface area (Å²) in [5.41, 5.74) is 4.31. The normalized spacial score (nSPS) is 12.9. The Kier molecular flexibility index (Phi) is 9.22. The van der Waals surface area contributed by atoms with Crippen LogP contribution in [-0.2, 0) is 36.0 Å². The van der Waals surface area contributed by atoms with Crippen molar-refractivity contribution in [3.05, 3.63) is 56.7 Å². The highest BCUT2D eigenvalue weighted by molar-refractivity contribution is 7.99. The molecule has 0 radical (unpaired) electrons. The first-order valence-electron chi connectivity index (χ1n) is 12.8. The number of ether oxygens (including phenoxy) is 1. The predicted molar refractivity (Wildman–Crippen MR) is 149 cm³/mol. The molecule has 4 rings (SSSR count). The van der Waals surface area contributed by atoms with E-state index in [2.05, 4.69) is 20.8 Å². The molecule has 2 heterocycles. The average molecular weight is 556 g/mol. The number of rotatable bonds is 9. The molecule has 1 aliphatic rings. The number of carbonyl (C=O) groups excluding carboxylic acids is 3. The number of thiophene rings is 1. The second-order valence-electron chi connectivity index (χ2n) is 9.27. The predicted octanol–water partition coefficient (Wildman–Crippen LogP) is 4.60. The van der Waals surface area contributed by atoms with E-state index in [9.17, 15) is 14.4 Å². The van der Waals surface area contributed by atoms with Crippen LogP contribution in [-0.4, -0.2) is 44.9 Å². The van der Waals surface area contributed by atoms with Crippen LogP contribution in [0.5, 0.6) is 0 Å². The van der Waals surface area contributed by atoms with Crippen molar-refractivity contribution in [1.29, 1.82) is 0 Å². The van der Waals surface area contributed by atoms with E-state index in [4.69, 9.17) is 4.74 Å². The number of nitrogens with zero attached hydrogens (tertiary/aromatic N) is 3. The molecule has 0 saturated carbocycles. The molecule has 2 aromatic heterocycles. The fraction of sp³-hybridized carbons (Fsp3) is 0.444. The summed E-state index contributed by atoms with van der Waals surface area (Å²) in [5.74, 6) is -0.112. The van der Waals surface area contributed by atoms with Gasteiger partial charge in [0.05, 0.1) is 24.5 Å².